The van der Waals surface area contributed by atoms with Crippen LogP contribution in [0.25, 0.3) is 10.8 Å². The van der Waals surface area contributed by atoms with Gasteiger partial charge in [0, 0.05) is 17.0 Å². The average Bonchev–Trinajstić information content (AvgIpc) is 2.45. The number of alkyl halides is 1. The number of benzene rings is 2. The first-order chi connectivity index (χ1) is 9.91. The molecule has 2 rings (SSSR count). The van der Waals surface area contributed by atoms with Gasteiger partial charge in [-0.2, -0.15) is 0 Å². The maximum atomic E-state index is 5.88. The second kappa shape index (κ2) is 6.82. The zero-order chi connectivity index (χ0) is 15.5. The topological polar surface area (TPSA) is 18.5 Å². The number of rotatable bonds is 6. The lowest BCUT2D eigenvalue weighted by Crippen LogP contribution is -2.38. The maximum Gasteiger partial charge on any atom is 0.189 e. The normalized spacial score (nSPS) is 13.4. The standard InChI is InChI=1S/C17H23ClO2Si/c1-13(21(2,3)4)19-12-20-17-7-5-6-15-10-14(11-18)8-9-16(15)17/h5-10,13H,11-12H2,1-4H3. The van der Waals surface area contributed by atoms with Gasteiger partial charge in [-0.25, -0.2) is 0 Å². The van der Waals surface area contributed by atoms with E-state index in [1.165, 1.54) is 0 Å². The van der Waals surface area contributed by atoms with Crippen molar-refractivity contribution in [2.24, 2.45) is 0 Å². The Balaban J connectivity index is 2.09. The highest BCUT2D eigenvalue weighted by atomic mass is 35.5. The van der Waals surface area contributed by atoms with Gasteiger partial charge in [-0.05, 0) is 30.0 Å². The first-order valence-electron chi connectivity index (χ1n) is 7.24. The van der Waals surface area contributed by atoms with Crippen molar-refractivity contribution in [3.8, 4) is 5.75 Å². The summed E-state index contributed by atoms with van der Waals surface area (Å²) in [4.78, 5) is 0. The molecule has 0 fully saturated rings. The van der Waals surface area contributed by atoms with Gasteiger partial charge in [0.05, 0.1) is 8.07 Å². The molecular formula is C17H23ClO2Si. The van der Waals surface area contributed by atoms with Gasteiger partial charge in [0.15, 0.2) is 6.79 Å². The molecule has 0 aliphatic carbocycles. The molecule has 1 atom stereocenters. The average molecular weight is 323 g/mol. The highest BCUT2D eigenvalue weighted by molar-refractivity contribution is 6.77. The highest BCUT2D eigenvalue weighted by Gasteiger charge is 2.23. The van der Waals surface area contributed by atoms with Crippen LogP contribution < -0.4 is 4.74 Å². The minimum atomic E-state index is -1.28. The molecule has 2 nitrogen and oxygen atoms in total. The van der Waals surface area contributed by atoms with E-state index < -0.39 is 8.07 Å². The van der Waals surface area contributed by atoms with Crippen molar-refractivity contribution in [3.05, 3.63) is 42.0 Å². The van der Waals surface area contributed by atoms with E-state index in [-0.39, 0.29) is 5.73 Å². The van der Waals surface area contributed by atoms with Gasteiger partial charge in [-0.3, -0.25) is 0 Å². The van der Waals surface area contributed by atoms with E-state index in [1.807, 2.05) is 18.2 Å². The van der Waals surface area contributed by atoms with Crippen LogP contribution in [-0.2, 0) is 10.6 Å². The van der Waals surface area contributed by atoms with E-state index in [0.29, 0.717) is 12.7 Å². The van der Waals surface area contributed by atoms with Gasteiger partial charge >= 0.3 is 0 Å². The van der Waals surface area contributed by atoms with Crippen molar-refractivity contribution >= 4 is 30.4 Å². The summed E-state index contributed by atoms with van der Waals surface area (Å²) in [6.07, 6.45) is 0. The fraction of sp³-hybridized carbons (Fsp3) is 0.412. The van der Waals surface area contributed by atoms with Crippen LogP contribution in [0, 0.1) is 0 Å². The molecule has 21 heavy (non-hydrogen) atoms. The number of hydrogen-bond donors (Lipinski definition) is 0. The molecule has 4 heteroatoms. The lowest BCUT2D eigenvalue weighted by Gasteiger charge is -2.25. The SMILES string of the molecule is CC(OCOc1cccc2cc(CCl)ccc12)[Si](C)(C)C. The van der Waals surface area contributed by atoms with Crippen molar-refractivity contribution < 1.29 is 9.47 Å². The highest BCUT2D eigenvalue weighted by Crippen LogP contribution is 2.27. The van der Waals surface area contributed by atoms with Gasteiger partial charge in [0.2, 0.25) is 0 Å². The summed E-state index contributed by atoms with van der Waals surface area (Å²) >= 11 is 5.88. The molecule has 0 saturated heterocycles. The summed E-state index contributed by atoms with van der Waals surface area (Å²) in [7, 11) is -1.28. The molecular weight excluding hydrogens is 300 g/mol. The van der Waals surface area contributed by atoms with Gasteiger partial charge in [-0.1, -0.05) is 43.9 Å². The van der Waals surface area contributed by atoms with Crippen molar-refractivity contribution in [2.75, 3.05) is 6.79 Å². The summed E-state index contributed by atoms with van der Waals surface area (Å²) < 4.78 is 11.6. The summed E-state index contributed by atoms with van der Waals surface area (Å²) in [5, 5.41) is 2.24. The smallest absolute Gasteiger partial charge is 0.189 e. The van der Waals surface area contributed by atoms with Gasteiger partial charge in [0.1, 0.15) is 5.75 Å². The second-order valence-corrected chi connectivity index (χ2v) is 12.2. The number of hydrogen-bond acceptors (Lipinski definition) is 2. The Morgan fingerprint density at radius 3 is 2.57 bits per heavy atom. The third kappa shape index (κ3) is 4.22. The molecule has 0 bridgehead atoms. The van der Waals surface area contributed by atoms with E-state index in [4.69, 9.17) is 21.1 Å². The Morgan fingerprint density at radius 1 is 1.14 bits per heavy atom. The molecule has 1 unspecified atom stereocenters. The second-order valence-electron chi connectivity index (χ2n) is 6.38. The molecule has 0 aliphatic heterocycles. The Kier molecular flexibility index (Phi) is 5.30. The zero-order valence-corrected chi connectivity index (χ0v) is 14.9. The third-order valence-electron chi connectivity index (χ3n) is 3.81. The molecule has 0 amide bonds. The lowest BCUT2D eigenvalue weighted by molar-refractivity contribution is 0.00111. The molecule has 2 aromatic carbocycles. The Morgan fingerprint density at radius 2 is 1.90 bits per heavy atom. The molecule has 114 valence electrons. The van der Waals surface area contributed by atoms with Crippen molar-refractivity contribution in [3.63, 3.8) is 0 Å². The van der Waals surface area contributed by atoms with Crippen molar-refractivity contribution in [2.45, 2.75) is 38.2 Å². The zero-order valence-electron chi connectivity index (χ0n) is 13.2. The summed E-state index contributed by atoms with van der Waals surface area (Å²) in [6, 6.07) is 12.2. The van der Waals surface area contributed by atoms with Crippen LogP contribution in [0.3, 0.4) is 0 Å². The van der Waals surface area contributed by atoms with E-state index >= 15 is 0 Å². The largest absolute Gasteiger partial charge is 0.467 e. The van der Waals surface area contributed by atoms with Crippen LogP contribution in [0.15, 0.2) is 36.4 Å². The summed E-state index contributed by atoms with van der Waals surface area (Å²) in [5.74, 6) is 1.38. The predicted octanol–water partition coefficient (Wildman–Crippen LogP) is 5.20. The van der Waals surface area contributed by atoms with Gasteiger partial charge in [-0.15, -0.1) is 11.6 Å². The van der Waals surface area contributed by atoms with Crippen LogP contribution in [0.5, 0.6) is 5.75 Å². The Hall–Kier alpha value is -1.03. The molecule has 0 heterocycles. The van der Waals surface area contributed by atoms with E-state index in [2.05, 4.69) is 44.8 Å². The summed E-state index contributed by atoms with van der Waals surface area (Å²) in [5.41, 5.74) is 1.39. The van der Waals surface area contributed by atoms with Crippen LogP contribution >= 0.6 is 11.6 Å². The van der Waals surface area contributed by atoms with Gasteiger partial charge < -0.3 is 9.47 Å². The van der Waals surface area contributed by atoms with Crippen molar-refractivity contribution in [1.82, 2.24) is 0 Å². The van der Waals surface area contributed by atoms with Gasteiger partial charge in [0.25, 0.3) is 0 Å². The van der Waals surface area contributed by atoms with E-state index in [9.17, 15) is 0 Å². The van der Waals surface area contributed by atoms with Crippen molar-refractivity contribution in [1.29, 1.82) is 0 Å². The monoisotopic (exact) mass is 322 g/mol. The van der Waals surface area contributed by atoms with E-state index in [0.717, 1.165) is 22.1 Å². The summed E-state index contributed by atoms with van der Waals surface area (Å²) in [6.45, 7) is 9.31. The quantitative estimate of drug-likeness (QED) is 0.413. The minimum Gasteiger partial charge on any atom is -0.467 e. The molecule has 2 aromatic rings. The molecule has 0 aliphatic rings. The number of ether oxygens (including phenoxy) is 2. The molecule has 0 N–H and O–H groups in total. The molecule has 0 spiro atoms. The number of halogens is 1. The minimum absolute atomic E-state index is 0.273. The van der Waals surface area contributed by atoms with Crippen LogP contribution in [0.4, 0.5) is 0 Å². The fourth-order valence-corrected chi connectivity index (χ4v) is 2.70. The maximum absolute atomic E-state index is 5.88. The number of fused-ring (bicyclic) bond motifs is 1. The predicted molar refractivity (Wildman–Crippen MR) is 92.9 cm³/mol. The fourth-order valence-electron chi connectivity index (χ4n) is 1.96. The molecule has 0 aromatic heterocycles. The first-order valence-corrected chi connectivity index (χ1v) is 11.3. The van der Waals surface area contributed by atoms with Crippen LogP contribution in [-0.4, -0.2) is 20.6 Å². The Bertz CT molecular complexity index is 607. The van der Waals surface area contributed by atoms with Crippen LogP contribution in [0.2, 0.25) is 19.6 Å². The molecule has 0 radical (unpaired) electrons. The van der Waals surface area contributed by atoms with E-state index in [1.54, 1.807) is 0 Å². The lowest BCUT2D eigenvalue weighted by atomic mass is 10.1. The first kappa shape index (κ1) is 16.3. The molecule has 0 saturated carbocycles. The van der Waals surface area contributed by atoms with Crippen LogP contribution in [0.1, 0.15) is 12.5 Å². The Labute approximate surface area is 133 Å². The third-order valence-corrected chi connectivity index (χ3v) is 6.73.